The molecular formula is C18H19F2NO. The van der Waals surface area contributed by atoms with Gasteiger partial charge in [-0.3, -0.25) is 0 Å². The van der Waals surface area contributed by atoms with Crippen molar-refractivity contribution in [3.8, 4) is 0 Å². The standard InChI is InChI=1S/C18H19F2NO/c1-12(14-4-8-16(19)9-5-14)18(21-22-3)13(2)15-6-10-17(20)11-7-15/h4-13H,1-3H3. The van der Waals surface area contributed by atoms with Gasteiger partial charge in [-0.1, -0.05) is 43.3 Å². The monoisotopic (exact) mass is 303 g/mol. The highest BCUT2D eigenvalue weighted by Gasteiger charge is 2.22. The molecule has 0 aliphatic carbocycles. The van der Waals surface area contributed by atoms with Crippen LogP contribution in [0, 0.1) is 11.6 Å². The summed E-state index contributed by atoms with van der Waals surface area (Å²) in [6.07, 6.45) is 0. The molecule has 0 fully saturated rings. The molecule has 0 saturated heterocycles. The van der Waals surface area contributed by atoms with Crippen LogP contribution in [0.4, 0.5) is 8.78 Å². The Bertz CT molecular complexity index is 582. The fourth-order valence-electron chi connectivity index (χ4n) is 2.48. The Morgan fingerprint density at radius 3 is 1.50 bits per heavy atom. The first-order valence-electron chi connectivity index (χ1n) is 7.14. The maximum Gasteiger partial charge on any atom is 0.123 e. The van der Waals surface area contributed by atoms with E-state index in [1.54, 1.807) is 24.3 Å². The average Bonchev–Trinajstić information content (AvgIpc) is 2.53. The van der Waals surface area contributed by atoms with Gasteiger partial charge in [0.1, 0.15) is 18.7 Å². The van der Waals surface area contributed by atoms with Gasteiger partial charge in [-0.15, -0.1) is 0 Å². The van der Waals surface area contributed by atoms with Crippen molar-refractivity contribution in [2.45, 2.75) is 25.7 Å². The van der Waals surface area contributed by atoms with Crippen LogP contribution in [0.3, 0.4) is 0 Å². The molecule has 0 aliphatic heterocycles. The first kappa shape index (κ1) is 16.1. The molecule has 0 heterocycles. The minimum atomic E-state index is -0.271. The van der Waals surface area contributed by atoms with Crippen molar-refractivity contribution in [2.75, 3.05) is 7.11 Å². The second-order valence-electron chi connectivity index (χ2n) is 5.25. The van der Waals surface area contributed by atoms with Crippen molar-refractivity contribution < 1.29 is 13.6 Å². The predicted octanol–water partition coefficient (Wildman–Crippen LogP) is 4.87. The fourth-order valence-corrected chi connectivity index (χ4v) is 2.48. The molecule has 2 nitrogen and oxygen atoms in total. The lowest BCUT2D eigenvalue weighted by molar-refractivity contribution is 0.210. The number of hydrogen-bond donors (Lipinski definition) is 0. The Balaban J connectivity index is 2.31. The molecule has 116 valence electrons. The van der Waals surface area contributed by atoms with Crippen LogP contribution in [0.25, 0.3) is 0 Å². The molecule has 0 N–H and O–H groups in total. The maximum absolute atomic E-state index is 13.1. The molecule has 4 heteroatoms. The summed E-state index contributed by atoms with van der Waals surface area (Å²) in [5.41, 5.74) is 2.71. The molecule has 0 radical (unpaired) electrons. The van der Waals surface area contributed by atoms with E-state index in [0.29, 0.717) is 0 Å². The van der Waals surface area contributed by atoms with E-state index in [-0.39, 0.29) is 23.5 Å². The van der Waals surface area contributed by atoms with Gasteiger partial charge >= 0.3 is 0 Å². The summed E-state index contributed by atoms with van der Waals surface area (Å²) in [4.78, 5) is 4.98. The van der Waals surface area contributed by atoms with Gasteiger partial charge in [-0.2, -0.15) is 0 Å². The molecule has 2 rings (SSSR count). The SMILES string of the molecule is CON=C(C(C)c1ccc(F)cc1)C(C)c1ccc(F)cc1. The zero-order valence-corrected chi connectivity index (χ0v) is 12.9. The number of oxime groups is 1. The molecule has 0 amide bonds. The van der Waals surface area contributed by atoms with Crippen LogP contribution < -0.4 is 0 Å². The Hall–Kier alpha value is -2.23. The summed E-state index contributed by atoms with van der Waals surface area (Å²) in [6, 6.07) is 12.7. The minimum absolute atomic E-state index is 0.0411. The predicted molar refractivity (Wildman–Crippen MR) is 84.1 cm³/mol. The van der Waals surface area contributed by atoms with Crippen LogP contribution in [-0.4, -0.2) is 12.8 Å². The van der Waals surface area contributed by atoms with E-state index in [9.17, 15) is 8.78 Å². The van der Waals surface area contributed by atoms with Gasteiger partial charge in [0.2, 0.25) is 0 Å². The van der Waals surface area contributed by atoms with Gasteiger partial charge < -0.3 is 4.84 Å². The van der Waals surface area contributed by atoms with Gasteiger partial charge in [-0.05, 0) is 35.4 Å². The van der Waals surface area contributed by atoms with Gasteiger partial charge in [0.15, 0.2) is 0 Å². The minimum Gasteiger partial charge on any atom is -0.399 e. The van der Waals surface area contributed by atoms with E-state index in [1.807, 2.05) is 13.8 Å². The smallest absolute Gasteiger partial charge is 0.123 e. The number of hydrogen-bond acceptors (Lipinski definition) is 2. The van der Waals surface area contributed by atoms with Crippen LogP contribution in [-0.2, 0) is 4.84 Å². The van der Waals surface area contributed by atoms with E-state index in [4.69, 9.17) is 4.84 Å². The summed E-state index contributed by atoms with van der Waals surface area (Å²) in [6.45, 7) is 3.98. The molecule has 2 unspecified atom stereocenters. The molecule has 0 bridgehead atoms. The van der Waals surface area contributed by atoms with Crippen molar-refractivity contribution in [3.05, 3.63) is 71.3 Å². The van der Waals surface area contributed by atoms with Crippen molar-refractivity contribution in [2.24, 2.45) is 5.16 Å². The number of rotatable bonds is 5. The Morgan fingerprint density at radius 2 is 1.18 bits per heavy atom. The normalized spacial score (nSPS) is 13.3. The second-order valence-corrected chi connectivity index (χ2v) is 5.25. The quantitative estimate of drug-likeness (QED) is 0.570. The Labute approximate surface area is 129 Å². The summed E-state index contributed by atoms with van der Waals surface area (Å²) >= 11 is 0. The van der Waals surface area contributed by atoms with Gasteiger partial charge in [0.25, 0.3) is 0 Å². The first-order chi connectivity index (χ1) is 10.5. The van der Waals surface area contributed by atoms with Crippen LogP contribution in [0.2, 0.25) is 0 Å². The molecule has 0 spiro atoms. The third kappa shape index (κ3) is 3.70. The summed E-state index contributed by atoms with van der Waals surface area (Å²) in [5.74, 6) is -0.623. The lowest BCUT2D eigenvalue weighted by Gasteiger charge is -2.21. The van der Waals surface area contributed by atoms with E-state index < -0.39 is 0 Å². The topological polar surface area (TPSA) is 21.6 Å². The zero-order chi connectivity index (χ0) is 16.1. The van der Waals surface area contributed by atoms with Crippen molar-refractivity contribution in [1.82, 2.24) is 0 Å². The fraction of sp³-hybridized carbons (Fsp3) is 0.278. The highest BCUT2D eigenvalue weighted by molar-refractivity contribution is 5.95. The van der Waals surface area contributed by atoms with E-state index in [1.165, 1.54) is 31.4 Å². The molecule has 2 aromatic rings. The van der Waals surface area contributed by atoms with Crippen molar-refractivity contribution in [3.63, 3.8) is 0 Å². The number of benzene rings is 2. The van der Waals surface area contributed by atoms with E-state index in [0.717, 1.165) is 16.8 Å². The molecule has 2 aromatic carbocycles. The molecular weight excluding hydrogens is 284 g/mol. The molecule has 0 aromatic heterocycles. The third-order valence-corrected chi connectivity index (χ3v) is 3.82. The molecule has 22 heavy (non-hydrogen) atoms. The van der Waals surface area contributed by atoms with Gasteiger partial charge in [-0.25, -0.2) is 8.78 Å². The van der Waals surface area contributed by atoms with Gasteiger partial charge in [0, 0.05) is 11.8 Å². The van der Waals surface area contributed by atoms with Crippen LogP contribution in [0.1, 0.15) is 36.8 Å². The summed E-state index contributed by atoms with van der Waals surface area (Å²) in [5, 5.41) is 4.15. The Kier molecular flexibility index (Phi) is 5.26. The lowest BCUT2D eigenvalue weighted by atomic mass is 9.85. The van der Waals surface area contributed by atoms with Crippen LogP contribution in [0.5, 0.6) is 0 Å². The third-order valence-electron chi connectivity index (χ3n) is 3.82. The number of nitrogens with zero attached hydrogens (tertiary/aromatic N) is 1. The second kappa shape index (κ2) is 7.16. The highest BCUT2D eigenvalue weighted by atomic mass is 19.1. The largest absolute Gasteiger partial charge is 0.399 e. The van der Waals surface area contributed by atoms with Crippen molar-refractivity contribution >= 4 is 5.71 Å². The first-order valence-corrected chi connectivity index (χ1v) is 7.14. The molecule has 0 saturated carbocycles. The highest BCUT2D eigenvalue weighted by Crippen LogP contribution is 2.28. The summed E-state index contributed by atoms with van der Waals surface area (Å²) in [7, 11) is 1.49. The van der Waals surface area contributed by atoms with Gasteiger partial charge in [0.05, 0.1) is 5.71 Å². The van der Waals surface area contributed by atoms with E-state index >= 15 is 0 Å². The molecule has 2 atom stereocenters. The van der Waals surface area contributed by atoms with E-state index in [2.05, 4.69) is 5.16 Å². The average molecular weight is 303 g/mol. The maximum atomic E-state index is 13.1. The van der Waals surface area contributed by atoms with Crippen LogP contribution in [0.15, 0.2) is 53.7 Å². The number of halogens is 2. The lowest BCUT2D eigenvalue weighted by Crippen LogP contribution is -2.17. The zero-order valence-electron chi connectivity index (χ0n) is 12.9. The van der Waals surface area contributed by atoms with Crippen molar-refractivity contribution in [1.29, 1.82) is 0 Å². The molecule has 0 aliphatic rings. The summed E-state index contributed by atoms with van der Waals surface area (Å²) < 4.78 is 26.1. The van der Waals surface area contributed by atoms with Crippen LogP contribution >= 0.6 is 0 Å². The Morgan fingerprint density at radius 1 is 0.818 bits per heavy atom.